The maximum absolute atomic E-state index is 13.1. The summed E-state index contributed by atoms with van der Waals surface area (Å²) in [5, 5.41) is 9.82. The summed E-state index contributed by atoms with van der Waals surface area (Å²) in [4.78, 5) is 34.0. The van der Waals surface area contributed by atoms with Gasteiger partial charge in [0.1, 0.15) is 10.5 Å². The van der Waals surface area contributed by atoms with Crippen LogP contribution in [0, 0.1) is 11.3 Å². The first kappa shape index (κ1) is 19.3. The van der Waals surface area contributed by atoms with Gasteiger partial charge in [-0.15, -0.1) is 11.3 Å². The SMILES string of the molecule is COC(=O)C1=c2s/c(=C/c3cccnc3)c(=O)n2C(N)=C(C#N)[C@H]1c1cccnc1. The molecule has 148 valence electrons. The van der Waals surface area contributed by atoms with E-state index in [0.717, 1.165) is 16.9 Å². The molecule has 0 bridgehead atoms. The number of carbonyl (C=O) groups is 1. The van der Waals surface area contributed by atoms with Crippen molar-refractivity contribution in [1.82, 2.24) is 14.5 Å². The van der Waals surface area contributed by atoms with Gasteiger partial charge in [-0.2, -0.15) is 5.26 Å². The van der Waals surface area contributed by atoms with E-state index in [0.29, 0.717) is 14.8 Å². The van der Waals surface area contributed by atoms with Gasteiger partial charge in [-0.05, 0) is 29.3 Å². The Morgan fingerprint density at radius 1 is 1.30 bits per heavy atom. The number of pyridine rings is 2. The molecule has 8 nitrogen and oxygen atoms in total. The zero-order valence-corrected chi connectivity index (χ0v) is 16.6. The molecule has 2 N–H and O–H groups in total. The number of carbonyl (C=O) groups excluding carboxylic acids is 1. The number of ether oxygens (including phenoxy) is 1. The molecule has 4 rings (SSSR count). The van der Waals surface area contributed by atoms with Crippen LogP contribution >= 0.6 is 11.3 Å². The number of allylic oxidation sites excluding steroid dienone is 1. The van der Waals surface area contributed by atoms with E-state index in [4.69, 9.17) is 10.5 Å². The third-order valence-corrected chi connectivity index (χ3v) is 5.78. The lowest BCUT2D eigenvalue weighted by Gasteiger charge is -2.24. The minimum absolute atomic E-state index is 0.0129. The van der Waals surface area contributed by atoms with Gasteiger partial charge in [0.05, 0.1) is 34.8 Å². The van der Waals surface area contributed by atoms with Gasteiger partial charge in [-0.1, -0.05) is 12.1 Å². The van der Waals surface area contributed by atoms with Gasteiger partial charge < -0.3 is 10.5 Å². The zero-order valence-electron chi connectivity index (χ0n) is 15.8. The van der Waals surface area contributed by atoms with Crippen LogP contribution in [-0.2, 0) is 9.53 Å². The van der Waals surface area contributed by atoms with Crippen LogP contribution < -0.4 is 20.5 Å². The Labute approximate surface area is 174 Å². The van der Waals surface area contributed by atoms with E-state index in [9.17, 15) is 14.9 Å². The molecule has 1 aliphatic rings. The summed E-state index contributed by atoms with van der Waals surface area (Å²) in [5.41, 5.74) is 7.41. The highest BCUT2D eigenvalue weighted by molar-refractivity contribution is 7.07. The summed E-state index contributed by atoms with van der Waals surface area (Å²) in [5.74, 6) is -1.45. The first-order valence-corrected chi connectivity index (χ1v) is 9.64. The molecule has 0 amide bonds. The van der Waals surface area contributed by atoms with Crippen molar-refractivity contribution in [2.75, 3.05) is 7.11 Å². The Bertz CT molecular complexity index is 1380. The lowest BCUT2D eigenvalue weighted by Crippen LogP contribution is -2.40. The highest BCUT2D eigenvalue weighted by Gasteiger charge is 2.36. The summed E-state index contributed by atoms with van der Waals surface area (Å²) in [7, 11) is 1.25. The Balaban J connectivity index is 2.12. The second kappa shape index (κ2) is 7.77. The van der Waals surface area contributed by atoms with Crippen molar-refractivity contribution < 1.29 is 9.53 Å². The Morgan fingerprint density at radius 2 is 2.03 bits per heavy atom. The first-order valence-electron chi connectivity index (χ1n) is 8.83. The third kappa shape index (κ3) is 3.09. The monoisotopic (exact) mass is 417 g/mol. The number of esters is 1. The molecule has 0 aliphatic carbocycles. The Kier molecular flexibility index (Phi) is 5.00. The molecule has 4 heterocycles. The predicted molar refractivity (Wildman–Crippen MR) is 111 cm³/mol. The van der Waals surface area contributed by atoms with E-state index in [1.165, 1.54) is 11.7 Å². The molecular weight excluding hydrogens is 402 g/mol. The third-order valence-electron chi connectivity index (χ3n) is 4.67. The van der Waals surface area contributed by atoms with Gasteiger partial charge in [-0.25, -0.2) is 4.79 Å². The molecule has 0 saturated heterocycles. The largest absolute Gasteiger partial charge is 0.466 e. The minimum atomic E-state index is -0.791. The lowest BCUT2D eigenvalue weighted by atomic mass is 9.84. The summed E-state index contributed by atoms with van der Waals surface area (Å²) in [6.45, 7) is 0. The number of thiazole rings is 1. The number of fused-ring (bicyclic) bond motifs is 1. The molecule has 0 saturated carbocycles. The molecule has 1 atom stereocenters. The Morgan fingerprint density at radius 3 is 2.63 bits per heavy atom. The van der Waals surface area contributed by atoms with Crippen molar-refractivity contribution in [2.45, 2.75) is 5.92 Å². The molecule has 3 aromatic rings. The average Bonchev–Trinajstić information content (AvgIpc) is 3.10. The molecule has 0 spiro atoms. The van der Waals surface area contributed by atoms with Crippen LogP contribution in [0.4, 0.5) is 0 Å². The van der Waals surface area contributed by atoms with Gasteiger partial charge in [0.15, 0.2) is 0 Å². The molecule has 0 aromatic carbocycles. The van der Waals surface area contributed by atoms with E-state index in [-0.39, 0.29) is 17.0 Å². The standard InChI is InChI=1S/C21H15N5O3S/c1-29-21(28)17-16(13-5-3-7-25-11-13)14(9-22)18(23)26-19(27)15(30-20(17)26)8-12-4-2-6-24-10-12/h2-8,10-11,16H,23H2,1H3/b15-8+/t16-/m1/s1. The number of rotatable bonds is 3. The molecule has 0 fully saturated rings. The number of nitriles is 1. The van der Waals surface area contributed by atoms with E-state index in [2.05, 4.69) is 16.0 Å². The van der Waals surface area contributed by atoms with Crippen molar-refractivity contribution in [3.8, 4) is 6.07 Å². The van der Waals surface area contributed by atoms with Gasteiger partial charge in [0, 0.05) is 24.8 Å². The number of hydrogen-bond acceptors (Lipinski definition) is 8. The first-order chi connectivity index (χ1) is 14.6. The van der Waals surface area contributed by atoms with Crippen LogP contribution in [0.2, 0.25) is 0 Å². The maximum Gasteiger partial charge on any atom is 0.337 e. The molecule has 0 radical (unpaired) electrons. The number of aromatic nitrogens is 3. The summed E-state index contributed by atoms with van der Waals surface area (Å²) >= 11 is 1.11. The van der Waals surface area contributed by atoms with Crippen LogP contribution in [0.3, 0.4) is 0 Å². The summed E-state index contributed by atoms with van der Waals surface area (Å²) in [6, 6.07) is 9.07. The normalized spacial score (nSPS) is 16.2. The minimum Gasteiger partial charge on any atom is -0.466 e. The van der Waals surface area contributed by atoms with E-state index >= 15 is 0 Å². The Hall–Kier alpha value is -4.03. The molecule has 9 heteroatoms. The predicted octanol–water partition coefficient (Wildman–Crippen LogP) is 0.301. The smallest absolute Gasteiger partial charge is 0.337 e. The van der Waals surface area contributed by atoms with Gasteiger partial charge in [-0.3, -0.25) is 19.3 Å². The van der Waals surface area contributed by atoms with Gasteiger partial charge in [0.2, 0.25) is 0 Å². The van der Waals surface area contributed by atoms with Crippen LogP contribution in [-0.4, -0.2) is 27.6 Å². The molecule has 3 aromatic heterocycles. The summed E-state index contributed by atoms with van der Waals surface area (Å²) < 4.78 is 6.87. The van der Waals surface area contributed by atoms with Crippen LogP contribution in [0.15, 0.2) is 59.4 Å². The number of nitrogens with zero attached hydrogens (tertiary/aromatic N) is 4. The van der Waals surface area contributed by atoms with Crippen molar-refractivity contribution in [3.63, 3.8) is 0 Å². The number of hydrogen-bond donors (Lipinski definition) is 1. The summed E-state index contributed by atoms with van der Waals surface area (Å²) in [6.07, 6.45) is 8.06. The molecule has 0 unspecified atom stereocenters. The second-order valence-electron chi connectivity index (χ2n) is 6.38. The fourth-order valence-corrected chi connectivity index (χ4v) is 4.51. The van der Waals surface area contributed by atoms with Crippen molar-refractivity contribution >= 4 is 34.8 Å². The lowest BCUT2D eigenvalue weighted by molar-refractivity contribution is -0.134. The fraction of sp³-hybridized carbons (Fsp3) is 0.0952. The molecular formula is C21H15N5O3S. The molecule has 30 heavy (non-hydrogen) atoms. The quantitative estimate of drug-likeness (QED) is 0.608. The van der Waals surface area contributed by atoms with Crippen molar-refractivity contribution in [2.24, 2.45) is 5.73 Å². The van der Waals surface area contributed by atoms with Gasteiger partial charge >= 0.3 is 5.97 Å². The van der Waals surface area contributed by atoms with E-state index < -0.39 is 17.4 Å². The number of nitrogens with two attached hydrogens (primary N) is 1. The highest BCUT2D eigenvalue weighted by Crippen LogP contribution is 2.35. The van der Waals surface area contributed by atoms with Crippen molar-refractivity contribution in [1.29, 1.82) is 5.26 Å². The second-order valence-corrected chi connectivity index (χ2v) is 7.41. The molecule has 1 aliphatic heterocycles. The van der Waals surface area contributed by atoms with E-state index in [1.54, 1.807) is 55.1 Å². The topological polar surface area (TPSA) is 124 Å². The van der Waals surface area contributed by atoms with Crippen LogP contribution in [0.5, 0.6) is 0 Å². The van der Waals surface area contributed by atoms with Crippen molar-refractivity contribution in [3.05, 3.63) is 85.3 Å². The fourth-order valence-electron chi connectivity index (χ4n) is 3.35. The maximum atomic E-state index is 13.1. The average molecular weight is 417 g/mol. The van der Waals surface area contributed by atoms with Crippen LogP contribution in [0.1, 0.15) is 17.0 Å². The van der Waals surface area contributed by atoms with Gasteiger partial charge in [0.25, 0.3) is 5.56 Å². The zero-order chi connectivity index (χ0) is 21.3. The van der Waals surface area contributed by atoms with E-state index in [1.807, 2.05) is 0 Å². The van der Waals surface area contributed by atoms with Crippen LogP contribution in [0.25, 0.3) is 17.5 Å². The highest BCUT2D eigenvalue weighted by atomic mass is 32.1. The number of methoxy groups -OCH3 is 1.